The molecule has 0 spiro atoms. The number of piperidine rings is 1. The summed E-state index contributed by atoms with van der Waals surface area (Å²) < 4.78 is 2.45. The average molecular weight is 250 g/mol. The number of hydrogen-bond acceptors (Lipinski definition) is 3. The van der Waals surface area contributed by atoms with Crippen LogP contribution in [0.3, 0.4) is 0 Å². The Kier molecular flexibility index (Phi) is 4.13. The van der Waals surface area contributed by atoms with E-state index in [9.17, 15) is 0 Å². The van der Waals surface area contributed by atoms with Crippen LogP contribution in [0.1, 0.15) is 29.5 Å². The van der Waals surface area contributed by atoms with Gasteiger partial charge in [0.1, 0.15) is 0 Å². The summed E-state index contributed by atoms with van der Waals surface area (Å²) in [4.78, 5) is 1.42. The number of benzene rings is 1. The highest BCUT2D eigenvalue weighted by molar-refractivity contribution is 7.97. The first kappa shape index (κ1) is 12.9. The molecule has 1 heterocycles. The predicted molar refractivity (Wildman–Crippen MR) is 75.3 cm³/mol. The summed E-state index contributed by atoms with van der Waals surface area (Å²) in [6.45, 7) is 8.79. The van der Waals surface area contributed by atoms with Crippen molar-refractivity contribution in [1.29, 1.82) is 0 Å². The number of rotatable bonds is 2. The Balaban J connectivity index is 2.08. The minimum Gasteiger partial charge on any atom is -0.328 e. The first-order chi connectivity index (χ1) is 8.06. The Labute approximate surface area is 109 Å². The third-order valence-corrected chi connectivity index (χ3v) is 4.77. The summed E-state index contributed by atoms with van der Waals surface area (Å²) in [5.74, 6) is 0. The van der Waals surface area contributed by atoms with Gasteiger partial charge >= 0.3 is 0 Å². The fraction of sp³-hybridized carbons (Fsp3) is 0.571. The largest absolute Gasteiger partial charge is 0.328 e. The average Bonchev–Trinajstić information content (AvgIpc) is 2.26. The topological polar surface area (TPSA) is 29.3 Å². The van der Waals surface area contributed by atoms with E-state index >= 15 is 0 Å². The van der Waals surface area contributed by atoms with Crippen LogP contribution in [0.2, 0.25) is 0 Å². The minimum atomic E-state index is 0.409. The first-order valence-corrected chi connectivity index (χ1v) is 7.10. The molecule has 0 atom stereocenters. The molecule has 94 valence electrons. The number of nitrogens with two attached hydrogens (primary N) is 1. The maximum atomic E-state index is 5.93. The molecule has 0 amide bonds. The summed E-state index contributed by atoms with van der Waals surface area (Å²) in [6, 6.07) is 4.95. The van der Waals surface area contributed by atoms with Crippen molar-refractivity contribution in [2.24, 2.45) is 5.73 Å². The van der Waals surface area contributed by atoms with Gasteiger partial charge in [-0.15, -0.1) is 0 Å². The molecule has 2 N–H and O–H groups in total. The first-order valence-electron chi connectivity index (χ1n) is 6.32. The van der Waals surface area contributed by atoms with Gasteiger partial charge in [0.25, 0.3) is 0 Å². The van der Waals surface area contributed by atoms with Crippen LogP contribution in [0.15, 0.2) is 17.0 Å². The Morgan fingerprint density at radius 2 is 1.65 bits per heavy atom. The molecule has 0 unspecified atom stereocenters. The molecule has 0 aliphatic carbocycles. The van der Waals surface area contributed by atoms with Crippen LogP contribution in [0.4, 0.5) is 0 Å². The quantitative estimate of drug-likeness (QED) is 0.818. The van der Waals surface area contributed by atoms with Gasteiger partial charge in [0, 0.05) is 24.0 Å². The third-order valence-electron chi connectivity index (χ3n) is 3.32. The van der Waals surface area contributed by atoms with E-state index < -0.39 is 0 Å². The van der Waals surface area contributed by atoms with E-state index in [0.717, 1.165) is 25.9 Å². The Morgan fingerprint density at radius 3 is 2.18 bits per heavy atom. The molecular weight excluding hydrogens is 228 g/mol. The molecule has 1 saturated heterocycles. The van der Waals surface area contributed by atoms with Crippen LogP contribution in [0.25, 0.3) is 0 Å². The van der Waals surface area contributed by atoms with Crippen LogP contribution in [-0.4, -0.2) is 23.4 Å². The van der Waals surface area contributed by atoms with Gasteiger partial charge in [-0.1, -0.05) is 17.7 Å². The normalized spacial score (nSPS) is 18.6. The molecular formula is C14H22N2S. The highest BCUT2D eigenvalue weighted by atomic mass is 32.2. The van der Waals surface area contributed by atoms with Crippen LogP contribution in [0.5, 0.6) is 0 Å². The second-order valence-corrected chi connectivity index (χ2v) is 6.19. The molecule has 0 bridgehead atoms. The Bertz CT molecular complexity index is 372. The molecule has 2 nitrogen and oxygen atoms in total. The van der Waals surface area contributed by atoms with Crippen molar-refractivity contribution in [2.75, 3.05) is 13.1 Å². The molecule has 1 aromatic rings. The molecule has 0 aromatic heterocycles. The summed E-state index contributed by atoms with van der Waals surface area (Å²) in [6.07, 6.45) is 2.24. The lowest BCUT2D eigenvalue weighted by Gasteiger charge is -2.29. The lowest BCUT2D eigenvalue weighted by molar-refractivity contribution is 0.346. The van der Waals surface area contributed by atoms with E-state index in [1.54, 1.807) is 0 Å². The van der Waals surface area contributed by atoms with Gasteiger partial charge in [-0.3, -0.25) is 0 Å². The van der Waals surface area contributed by atoms with Crippen LogP contribution in [0, 0.1) is 20.8 Å². The van der Waals surface area contributed by atoms with Crippen molar-refractivity contribution in [3.63, 3.8) is 0 Å². The van der Waals surface area contributed by atoms with E-state index in [0.29, 0.717) is 6.04 Å². The van der Waals surface area contributed by atoms with Crippen molar-refractivity contribution < 1.29 is 0 Å². The molecule has 1 aliphatic heterocycles. The van der Waals surface area contributed by atoms with Crippen molar-refractivity contribution in [2.45, 2.75) is 44.6 Å². The molecule has 3 heteroatoms. The van der Waals surface area contributed by atoms with Gasteiger partial charge in [0.05, 0.1) is 0 Å². The van der Waals surface area contributed by atoms with Gasteiger partial charge in [-0.25, -0.2) is 4.31 Å². The zero-order valence-electron chi connectivity index (χ0n) is 11.0. The zero-order valence-corrected chi connectivity index (χ0v) is 11.8. The van der Waals surface area contributed by atoms with Gasteiger partial charge in [0.15, 0.2) is 0 Å². The van der Waals surface area contributed by atoms with E-state index in [1.807, 2.05) is 11.9 Å². The maximum absolute atomic E-state index is 5.93. The van der Waals surface area contributed by atoms with Gasteiger partial charge in [-0.05, 0) is 56.7 Å². The van der Waals surface area contributed by atoms with E-state index in [1.165, 1.54) is 21.6 Å². The zero-order chi connectivity index (χ0) is 12.4. The third kappa shape index (κ3) is 3.24. The van der Waals surface area contributed by atoms with Crippen LogP contribution >= 0.6 is 11.9 Å². The number of aryl methyl sites for hydroxylation is 3. The highest BCUT2D eigenvalue weighted by Gasteiger charge is 2.18. The Morgan fingerprint density at radius 1 is 1.12 bits per heavy atom. The fourth-order valence-corrected chi connectivity index (χ4v) is 3.46. The van der Waals surface area contributed by atoms with Crippen molar-refractivity contribution in [1.82, 2.24) is 4.31 Å². The number of nitrogens with zero attached hydrogens (tertiary/aromatic N) is 1. The molecule has 1 aliphatic rings. The lowest BCUT2D eigenvalue weighted by Crippen LogP contribution is -2.36. The summed E-state index contributed by atoms with van der Waals surface area (Å²) in [7, 11) is 0. The summed E-state index contributed by atoms with van der Waals surface area (Å²) >= 11 is 1.91. The minimum absolute atomic E-state index is 0.409. The molecule has 17 heavy (non-hydrogen) atoms. The molecule has 2 rings (SSSR count). The van der Waals surface area contributed by atoms with Crippen molar-refractivity contribution in [3.05, 3.63) is 28.8 Å². The molecule has 0 radical (unpaired) electrons. The monoisotopic (exact) mass is 250 g/mol. The summed E-state index contributed by atoms with van der Waals surface area (Å²) in [5, 5.41) is 0. The standard InChI is InChI=1S/C14H22N2S/c1-10-8-11(2)14(12(3)9-10)17-16-6-4-13(15)5-7-16/h8-9,13H,4-7,15H2,1-3H3. The molecule has 1 fully saturated rings. The SMILES string of the molecule is Cc1cc(C)c(SN2CCC(N)CC2)c(C)c1. The van der Waals surface area contributed by atoms with Crippen molar-refractivity contribution in [3.8, 4) is 0 Å². The maximum Gasteiger partial charge on any atom is 0.0288 e. The van der Waals surface area contributed by atoms with E-state index in [2.05, 4.69) is 37.2 Å². The van der Waals surface area contributed by atoms with Gasteiger partial charge in [-0.2, -0.15) is 0 Å². The predicted octanol–water partition coefficient (Wildman–Crippen LogP) is 3.04. The summed E-state index contributed by atoms with van der Waals surface area (Å²) in [5.41, 5.74) is 10.1. The number of hydrogen-bond donors (Lipinski definition) is 1. The second kappa shape index (κ2) is 5.42. The Hall–Kier alpha value is -0.510. The van der Waals surface area contributed by atoms with E-state index in [-0.39, 0.29) is 0 Å². The van der Waals surface area contributed by atoms with Crippen LogP contribution in [-0.2, 0) is 0 Å². The van der Waals surface area contributed by atoms with Gasteiger partial charge < -0.3 is 5.73 Å². The molecule has 0 saturated carbocycles. The lowest BCUT2D eigenvalue weighted by atomic mass is 10.1. The smallest absolute Gasteiger partial charge is 0.0288 e. The highest BCUT2D eigenvalue weighted by Crippen LogP contribution is 2.31. The van der Waals surface area contributed by atoms with Crippen LogP contribution < -0.4 is 5.73 Å². The van der Waals surface area contributed by atoms with E-state index in [4.69, 9.17) is 5.73 Å². The van der Waals surface area contributed by atoms with Gasteiger partial charge in [0.2, 0.25) is 0 Å². The molecule has 1 aromatic carbocycles. The second-order valence-electron chi connectivity index (χ2n) is 5.09. The van der Waals surface area contributed by atoms with Crippen molar-refractivity contribution >= 4 is 11.9 Å². The fourth-order valence-electron chi connectivity index (χ4n) is 2.41.